The Labute approximate surface area is 112 Å². The molecule has 1 fully saturated rings. The molecule has 0 aliphatic carbocycles. The summed E-state index contributed by atoms with van der Waals surface area (Å²) >= 11 is 3.45. The van der Waals surface area contributed by atoms with Gasteiger partial charge in [0, 0.05) is 10.2 Å². The van der Waals surface area contributed by atoms with Crippen molar-refractivity contribution in [3.05, 3.63) is 28.7 Å². The molecule has 1 atom stereocenters. The first-order valence-corrected chi connectivity index (χ1v) is 6.80. The molecule has 3 heteroatoms. The smallest absolute Gasteiger partial charge is 0.0834 e. The van der Waals surface area contributed by atoms with Gasteiger partial charge in [0.15, 0.2) is 0 Å². The summed E-state index contributed by atoms with van der Waals surface area (Å²) < 4.78 is 7.18. The number of hydrogen-bond donors (Lipinski definition) is 1. The summed E-state index contributed by atoms with van der Waals surface area (Å²) in [6, 6.07) is 8.63. The van der Waals surface area contributed by atoms with E-state index in [0.29, 0.717) is 6.04 Å². The summed E-state index contributed by atoms with van der Waals surface area (Å²) in [6.07, 6.45) is 1.02. The molecule has 17 heavy (non-hydrogen) atoms. The van der Waals surface area contributed by atoms with E-state index >= 15 is 0 Å². The Bertz CT molecular complexity index is 397. The van der Waals surface area contributed by atoms with Crippen LogP contribution in [-0.4, -0.2) is 17.2 Å². The summed E-state index contributed by atoms with van der Waals surface area (Å²) in [5, 5.41) is 3.57. The first-order chi connectivity index (χ1) is 7.78. The summed E-state index contributed by atoms with van der Waals surface area (Å²) in [4.78, 5) is 0. The summed E-state index contributed by atoms with van der Waals surface area (Å²) in [5.74, 6) is 0. The maximum absolute atomic E-state index is 6.07. The largest absolute Gasteiger partial charge is 0.379 e. The fraction of sp³-hybridized carbons (Fsp3) is 0.571. The zero-order valence-corrected chi connectivity index (χ0v) is 12.5. The van der Waals surface area contributed by atoms with E-state index < -0.39 is 0 Å². The van der Waals surface area contributed by atoms with Crippen molar-refractivity contribution in [2.75, 3.05) is 5.32 Å². The second kappa shape index (κ2) is 4.29. The monoisotopic (exact) mass is 297 g/mol. The third-order valence-electron chi connectivity index (χ3n) is 3.26. The lowest BCUT2D eigenvalue weighted by Crippen LogP contribution is -2.38. The Morgan fingerprint density at radius 2 is 1.76 bits per heavy atom. The van der Waals surface area contributed by atoms with E-state index in [1.54, 1.807) is 0 Å². The zero-order chi connectivity index (χ0) is 12.7. The number of ether oxygens (including phenoxy) is 1. The molecule has 1 aromatic rings. The van der Waals surface area contributed by atoms with E-state index in [1.807, 2.05) is 0 Å². The highest BCUT2D eigenvalue weighted by molar-refractivity contribution is 9.10. The molecular weight excluding hydrogens is 278 g/mol. The molecule has 1 unspecified atom stereocenters. The molecule has 0 spiro atoms. The average molecular weight is 298 g/mol. The number of benzene rings is 1. The van der Waals surface area contributed by atoms with E-state index in [4.69, 9.17) is 4.74 Å². The highest BCUT2D eigenvalue weighted by Gasteiger charge is 2.45. The van der Waals surface area contributed by atoms with Crippen molar-refractivity contribution in [2.24, 2.45) is 0 Å². The Balaban J connectivity index is 2.11. The normalized spacial score (nSPS) is 25.8. The third-order valence-corrected chi connectivity index (χ3v) is 3.79. The van der Waals surface area contributed by atoms with E-state index in [2.05, 4.69) is 73.2 Å². The van der Waals surface area contributed by atoms with Crippen molar-refractivity contribution in [1.82, 2.24) is 0 Å². The highest BCUT2D eigenvalue weighted by Crippen LogP contribution is 2.38. The van der Waals surface area contributed by atoms with E-state index in [0.717, 1.165) is 16.6 Å². The quantitative estimate of drug-likeness (QED) is 0.883. The molecule has 0 amide bonds. The molecule has 1 aromatic carbocycles. The van der Waals surface area contributed by atoms with Crippen LogP contribution in [0.5, 0.6) is 0 Å². The lowest BCUT2D eigenvalue weighted by molar-refractivity contribution is -0.0662. The average Bonchev–Trinajstić information content (AvgIpc) is 2.38. The zero-order valence-electron chi connectivity index (χ0n) is 10.9. The topological polar surface area (TPSA) is 21.3 Å². The molecule has 0 saturated carbocycles. The van der Waals surface area contributed by atoms with Gasteiger partial charge in [-0.25, -0.2) is 0 Å². The second-order valence-corrected chi connectivity index (χ2v) is 6.79. The van der Waals surface area contributed by atoms with Crippen LogP contribution in [0, 0.1) is 0 Å². The number of anilines is 1. The molecule has 1 aliphatic heterocycles. The van der Waals surface area contributed by atoms with Crippen molar-refractivity contribution in [3.63, 3.8) is 0 Å². The Kier molecular flexibility index (Phi) is 3.25. The van der Waals surface area contributed by atoms with Crippen LogP contribution < -0.4 is 5.32 Å². The minimum Gasteiger partial charge on any atom is -0.379 e. The predicted octanol–water partition coefficient (Wildman–Crippen LogP) is 4.21. The van der Waals surface area contributed by atoms with Crippen LogP contribution in [0.4, 0.5) is 5.69 Å². The standard InChI is InChI=1S/C14H20BrNO/c1-13(2)9-12(14(3,4)17-13)16-11-7-5-10(15)6-8-11/h5-8,12,16H,9H2,1-4H3. The van der Waals surface area contributed by atoms with Crippen LogP contribution in [0.1, 0.15) is 34.1 Å². The van der Waals surface area contributed by atoms with Crippen LogP contribution in [0.3, 0.4) is 0 Å². The van der Waals surface area contributed by atoms with Crippen LogP contribution in [0.15, 0.2) is 28.7 Å². The number of rotatable bonds is 2. The van der Waals surface area contributed by atoms with E-state index in [9.17, 15) is 0 Å². The molecule has 2 nitrogen and oxygen atoms in total. The van der Waals surface area contributed by atoms with Crippen molar-refractivity contribution < 1.29 is 4.74 Å². The van der Waals surface area contributed by atoms with E-state index in [-0.39, 0.29) is 11.2 Å². The molecule has 94 valence electrons. The lowest BCUT2D eigenvalue weighted by Gasteiger charge is -2.28. The fourth-order valence-electron chi connectivity index (χ4n) is 2.53. The Hall–Kier alpha value is -0.540. The van der Waals surface area contributed by atoms with Gasteiger partial charge in [0.2, 0.25) is 0 Å². The van der Waals surface area contributed by atoms with Gasteiger partial charge in [-0.15, -0.1) is 0 Å². The molecular formula is C14H20BrNO. The van der Waals surface area contributed by atoms with Gasteiger partial charge in [0.05, 0.1) is 17.2 Å². The van der Waals surface area contributed by atoms with Gasteiger partial charge in [0.25, 0.3) is 0 Å². The minimum atomic E-state index is -0.128. The van der Waals surface area contributed by atoms with Crippen LogP contribution >= 0.6 is 15.9 Å². The second-order valence-electron chi connectivity index (χ2n) is 5.87. The van der Waals surface area contributed by atoms with Crippen molar-refractivity contribution in [3.8, 4) is 0 Å². The van der Waals surface area contributed by atoms with Gasteiger partial charge < -0.3 is 10.1 Å². The molecule has 0 aromatic heterocycles. The maximum atomic E-state index is 6.07. The van der Waals surface area contributed by atoms with Crippen LogP contribution in [0.25, 0.3) is 0 Å². The number of halogens is 1. The van der Waals surface area contributed by atoms with Gasteiger partial charge in [-0.05, 0) is 58.4 Å². The van der Waals surface area contributed by atoms with Crippen molar-refractivity contribution in [2.45, 2.75) is 51.4 Å². The number of hydrogen-bond acceptors (Lipinski definition) is 2. The van der Waals surface area contributed by atoms with Crippen LogP contribution in [0.2, 0.25) is 0 Å². The molecule has 2 rings (SSSR count). The highest BCUT2D eigenvalue weighted by atomic mass is 79.9. The Morgan fingerprint density at radius 3 is 2.24 bits per heavy atom. The van der Waals surface area contributed by atoms with E-state index in [1.165, 1.54) is 0 Å². The fourth-order valence-corrected chi connectivity index (χ4v) is 2.80. The molecule has 1 heterocycles. The Morgan fingerprint density at radius 1 is 1.18 bits per heavy atom. The van der Waals surface area contributed by atoms with Gasteiger partial charge in [-0.3, -0.25) is 0 Å². The SMILES string of the molecule is CC1(C)CC(Nc2ccc(Br)cc2)C(C)(C)O1. The first-order valence-electron chi connectivity index (χ1n) is 6.01. The van der Waals surface area contributed by atoms with Gasteiger partial charge >= 0.3 is 0 Å². The summed E-state index contributed by atoms with van der Waals surface area (Å²) in [7, 11) is 0. The lowest BCUT2D eigenvalue weighted by atomic mass is 9.94. The maximum Gasteiger partial charge on any atom is 0.0834 e. The number of nitrogens with one attached hydrogen (secondary N) is 1. The molecule has 1 aliphatic rings. The molecule has 1 saturated heterocycles. The summed E-state index contributed by atoms with van der Waals surface area (Å²) in [5.41, 5.74) is 0.972. The predicted molar refractivity (Wildman–Crippen MR) is 75.4 cm³/mol. The third kappa shape index (κ3) is 3.02. The van der Waals surface area contributed by atoms with Crippen LogP contribution in [-0.2, 0) is 4.74 Å². The minimum absolute atomic E-state index is 0.0451. The molecule has 0 radical (unpaired) electrons. The van der Waals surface area contributed by atoms with Crippen molar-refractivity contribution >= 4 is 21.6 Å². The van der Waals surface area contributed by atoms with Gasteiger partial charge in [-0.2, -0.15) is 0 Å². The van der Waals surface area contributed by atoms with Gasteiger partial charge in [-0.1, -0.05) is 15.9 Å². The molecule has 1 N–H and O–H groups in total. The summed E-state index contributed by atoms with van der Waals surface area (Å²) in [6.45, 7) is 8.60. The first kappa shape index (κ1) is 12.9. The van der Waals surface area contributed by atoms with Gasteiger partial charge in [0.1, 0.15) is 0 Å². The molecule has 0 bridgehead atoms. The van der Waals surface area contributed by atoms with Crippen molar-refractivity contribution in [1.29, 1.82) is 0 Å².